The van der Waals surface area contributed by atoms with Crippen molar-refractivity contribution in [1.29, 1.82) is 0 Å². The molecule has 0 aliphatic carbocycles. The van der Waals surface area contributed by atoms with Gasteiger partial charge >= 0.3 is 0 Å². The highest BCUT2D eigenvalue weighted by molar-refractivity contribution is 5.76. The van der Waals surface area contributed by atoms with E-state index in [4.69, 9.17) is 14.2 Å². The third kappa shape index (κ3) is 5.44. The highest BCUT2D eigenvalue weighted by Gasteiger charge is 2.20. The SMILES string of the molecule is CC(COC1CCOC1)NC(=O)CC1COCCN1. The van der Waals surface area contributed by atoms with Crippen LogP contribution in [0.4, 0.5) is 0 Å². The zero-order chi connectivity index (χ0) is 13.5. The van der Waals surface area contributed by atoms with Gasteiger partial charge in [0, 0.05) is 31.7 Å². The lowest BCUT2D eigenvalue weighted by molar-refractivity contribution is -0.123. The van der Waals surface area contributed by atoms with Crippen LogP contribution >= 0.6 is 0 Å². The molecular formula is C13H24N2O4. The molecule has 2 heterocycles. The van der Waals surface area contributed by atoms with E-state index in [0.29, 0.717) is 26.2 Å². The van der Waals surface area contributed by atoms with Crippen LogP contribution in [0, 0.1) is 0 Å². The molecule has 110 valence electrons. The van der Waals surface area contributed by atoms with Crippen molar-refractivity contribution in [3.05, 3.63) is 0 Å². The average Bonchev–Trinajstić information content (AvgIpc) is 2.90. The zero-order valence-electron chi connectivity index (χ0n) is 11.5. The number of hydrogen-bond donors (Lipinski definition) is 2. The van der Waals surface area contributed by atoms with Crippen molar-refractivity contribution in [2.45, 2.75) is 38.0 Å². The topological polar surface area (TPSA) is 68.8 Å². The number of rotatable bonds is 6. The first kappa shape index (κ1) is 14.7. The smallest absolute Gasteiger partial charge is 0.221 e. The molecule has 0 aromatic heterocycles. The molecule has 0 bridgehead atoms. The first-order valence-corrected chi connectivity index (χ1v) is 7.04. The highest BCUT2D eigenvalue weighted by Crippen LogP contribution is 2.08. The summed E-state index contributed by atoms with van der Waals surface area (Å²) in [5, 5.41) is 6.22. The monoisotopic (exact) mass is 272 g/mol. The molecular weight excluding hydrogens is 248 g/mol. The molecule has 2 aliphatic heterocycles. The van der Waals surface area contributed by atoms with Crippen molar-refractivity contribution in [3.63, 3.8) is 0 Å². The van der Waals surface area contributed by atoms with Gasteiger partial charge in [-0.1, -0.05) is 0 Å². The van der Waals surface area contributed by atoms with Crippen LogP contribution in [0.15, 0.2) is 0 Å². The van der Waals surface area contributed by atoms with Gasteiger partial charge in [0.1, 0.15) is 0 Å². The van der Waals surface area contributed by atoms with Crippen LogP contribution < -0.4 is 10.6 Å². The molecule has 0 aromatic rings. The van der Waals surface area contributed by atoms with Gasteiger partial charge in [-0.15, -0.1) is 0 Å². The number of amides is 1. The van der Waals surface area contributed by atoms with Crippen molar-refractivity contribution in [3.8, 4) is 0 Å². The molecule has 2 saturated heterocycles. The van der Waals surface area contributed by atoms with Crippen LogP contribution in [0.1, 0.15) is 19.8 Å². The van der Waals surface area contributed by atoms with E-state index < -0.39 is 0 Å². The maximum Gasteiger partial charge on any atom is 0.221 e. The van der Waals surface area contributed by atoms with E-state index in [1.165, 1.54) is 0 Å². The van der Waals surface area contributed by atoms with E-state index in [2.05, 4.69) is 10.6 Å². The minimum atomic E-state index is 0.0256. The van der Waals surface area contributed by atoms with Gasteiger partial charge in [0.05, 0.1) is 32.5 Å². The van der Waals surface area contributed by atoms with Gasteiger partial charge in [-0.3, -0.25) is 4.79 Å². The van der Waals surface area contributed by atoms with Gasteiger partial charge in [0.15, 0.2) is 0 Å². The molecule has 1 amide bonds. The summed E-state index contributed by atoms with van der Waals surface area (Å²) >= 11 is 0. The Labute approximate surface area is 114 Å². The standard InChI is InChI=1S/C13H24N2O4/c1-10(7-19-12-2-4-17-9-12)15-13(16)6-11-8-18-5-3-14-11/h10-12,14H,2-9H2,1H3,(H,15,16). The van der Waals surface area contributed by atoms with Crippen molar-refractivity contribution in [2.75, 3.05) is 39.6 Å². The molecule has 19 heavy (non-hydrogen) atoms. The van der Waals surface area contributed by atoms with Crippen LogP contribution in [0.3, 0.4) is 0 Å². The number of hydrogen-bond acceptors (Lipinski definition) is 5. The summed E-state index contributed by atoms with van der Waals surface area (Å²) in [6.45, 7) is 6.09. The second kappa shape index (κ2) is 7.79. The lowest BCUT2D eigenvalue weighted by Crippen LogP contribution is -2.46. The Kier molecular flexibility index (Phi) is 6.03. The lowest BCUT2D eigenvalue weighted by Gasteiger charge is -2.24. The Morgan fingerprint density at radius 2 is 2.26 bits per heavy atom. The summed E-state index contributed by atoms with van der Waals surface area (Å²) in [5.74, 6) is 0.0433. The van der Waals surface area contributed by atoms with Crippen LogP contribution in [0.5, 0.6) is 0 Å². The molecule has 0 aromatic carbocycles. The first-order chi connectivity index (χ1) is 9.24. The van der Waals surface area contributed by atoms with Gasteiger partial charge in [0.25, 0.3) is 0 Å². The first-order valence-electron chi connectivity index (χ1n) is 7.04. The Bertz CT molecular complexity index is 276. The summed E-state index contributed by atoms with van der Waals surface area (Å²) in [7, 11) is 0. The van der Waals surface area contributed by atoms with E-state index >= 15 is 0 Å². The maximum absolute atomic E-state index is 11.8. The van der Waals surface area contributed by atoms with E-state index in [1.807, 2.05) is 6.92 Å². The predicted molar refractivity (Wildman–Crippen MR) is 70.0 cm³/mol. The Morgan fingerprint density at radius 3 is 2.95 bits per heavy atom. The van der Waals surface area contributed by atoms with Gasteiger partial charge in [-0.25, -0.2) is 0 Å². The Balaban J connectivity index is 1.57. The molecule has 2 rings (SSSR count). The molecule has 0 saturated carbocycles. The quantitative estimate of drug-likeness (QED) is 0.693. The fourth-order valence-corrected chi connectivity index (χ4v) is 2.27. The molecule has 2 aliphatic rings. The number of nitrogens with one attached hydrogen (secondary N) is 2. The van der Waals surface area contributed by atoms with Crippen LogP contribution in [0.2, 0.25) is 0 Å². The largest absolute Gasteiger partial charge is 0.379 e. The van der Waals surface area contributed by atoms with Crippen molar-refractivity contribution >= 4 is 5.91 Å². The zero-order valence-corrected chi connectivity index (χ0v) is 11.5. The molecule has 3 atom stereocenters. The van der Waals surface area contributed by atoms with Gasteiger partial charge in [0.2, 0.25) is 5.91 Å². The summed E-state index contributed by atoms with van der Waals surface area (Å²) in [6, 6.07) is 0.155. The minimum absolute atomic E-state index is 0.0256. The molecule has 0 radical (unpaired) electrons. The van der Waals surface area contributed by atoms with Gasteiger partial charge in [-0.2, -0.15) is 0 Å². The summed E-state index contributed by atoms with van der Waals surface area (Å²) in [4.78, 5) is 11.8. The maximum atomic E-state index is 11.8. The highest BCUT2D eigenvalue weighted by atomic mass is 16.5. The number of ether oxygens (including phenoxy) is 3. The Hall–Kier alpha value is -0.690. The summed E-state index contributed by atoms with van der Waals surface area (Å²) in [5.41, 5.74) is 0. The molecule has 3 unspecified atom stereocenters. The fraction of sp³-hybridized carbons (Fsp3) is 0.923. The molecule has 6 heteroatoms. The van der Waals surface area contributed by atoms with E-state index in [0.717, 1.165) is 26.2 Å². The normalized spacial score (nSPS) is 29.1. The van der Waals surface area contributed by atoms with Crippen molar-refractivity contribution in [2.24, 2.45) is 0 Å². The van der Waals surface area contributed by atoms with Crippen LogP contribution in [-0.4, -0.2) is 63.7 Å². The van der Waals surface area contributed by atoms with Crippen LogP contribution in [0.25, 0.3) is 0 Å². The molecule has 6 nitrogen and oxygen atoms in total. The minimum Gasteiger partial charge on any atom is -0.379 e. The van der Waals surface area contributed by atoms with Crippen molar-refractivity contribution in [1.82, 2.24) is 10.6 Å². The number of carbonyl (C=O) groups excluding carboxylic acids is 1. The number of morpholine rings is 1. The summed E-state index contributed by atoms with van der Waals surface area (Å²) < 4.78 is 16.2. The van der Waals surface area contributed by atoms with Gasteiger partial charge < -0.3 is 24.8 Å². The second-order valence-corrected chi connectivity index (χ2v) is 5.22. The average molecular weight is 272 g/mol. The van der Waals surface area contributed by atoms with Gasteiger partial charge in [-0.05, 0) is 13.3 Å². The van der Waals surface area contributed by atoms with E-state index in [1.54, 1.807) is 0 Å². The van der Waals surface area contributed by atoms with E-state index in [9.17, 15) is 4.79 Å². The van der Waals surface area contributed by atoms with Crippen molar-refractivity contribution < 1.29 is 19.0 Å². The van der Waals surface area contributed by atoms with E-state index in [-0.39, 0.29) is 24.1 Å². The fourth-order valence-electron chi connectivity index (χ4n) is 2.27. The number of carbonyl (C=O) groups is 1. The third-order valence-electron chi connectivity index (χ3n) is 3.31. The Morgan fingerprint density at radius 1 is 1.42 bits per heavy atom. The third-order valence-corrected chi connectivity index (χ3v) is 3.31. The van der Waals surface area contributed by atoms with Crippen LogP contribution in [-0.2, 0) is 19.0 Å². The molecule has 2 fully saturated rings. The second-order valence-electron chi connectivity index (χ2n) is 5.22. The molecule has 2 N–H and O–H groups in total. The summed E-state index contributed by atoms with van der Waals surface area (Å²) in [6.07, 6.45) is 1.59. The molecule has 0 spiro atoms. The predicted octanol–water partition coefficient (Wildman–Crippen LogP) is -0.325. The lowest BCUT2D eigenvalue weighted by atomic mass is 10.2.